The van der Waals surface area contributed by atoms with Gasteiger partial charge in [-0.1, -0.05) is 0 Å². The van der Waals surface area contributed by atoms with E-state index in [0.29, 0.717) is 11.7 Å². The molecule has 4 nitrogen and oxygen atoms in total. The number of anilines is 1. The van der Waals surface area contributed by atoms with E-state index in [-0.39, 0.29) is 6.04 Å². The summed E-state index contributed by atoms with van der Waals surface area (Å²) in [6, 6.07) is 0.232. The quantitative estimate of drug-likeness (QED) is 0.899. The molecule has 15 heavy (non-hydrogen) atoms. The van der Waals surface area contributed by atoms with E-state index in [4.69, 9.17) is 0 Å². The zero-order valence-electron chi connectivity index (χ0n) is 8.74. The monoisotopic (exact) mass is 291 g/mol. The maximum Gasteiger partial charge on any atom is 0.222 e. The molecule has 0 bridgehead atoms. The molecule has 6 heteroatoms. The lowest BCUT2D eigenvalue weighted by Crippen LogP contribution is -2.19. The minimum absolute atomic E-state index is 0.232. The Bertz CT molecular complexity index is 331. The molecule has 0 aliphatic rings. The Morgan fingerprint density at radius 3 is 2.67 bits per heavy atom. The number of rotatable bonds is 5. The fourth-order valence-electron chi connectivity index (χ4n) is 1.02. The molecule has 0 saturated heterocycles. The average molecular weight is 292 g/mol. The summed E-state index contributed by atoms with van der Waals surface area (Å²) in [6.07, 6.45) is 5.95. The van der Waals surface area contributed by atoms with Gasteiger partial charge in [0.25, 0.3) is 0 Å². The van der Waals surface area contributed by atoms with E-state index in [2.05, 4.69) is 31.2 Å². The van der Waals surface area contributed by atoms with Gasteiger partial charge in [-0.2, -0.15) is 0 Å². The van der Waals surface area contributed by atoms with Crippen LogP contribution in [-0.4, -0.2) is 32.2 Å². The molecule has 1 aromatic rings. The number of nitrogens with zero attached hydrogens (tertiary/aromatic N) is 2. The Labute approximate surface area is 100 Å². The lowest BCUT2D eigenvalue weighted by molar-refractivity contribution is 0.678. The molecular formula is C9H14BrN3OS. The van der Waals surface area contributed by atoms with Gasteiger partial charge in [-0.25, -0.2) is 9.97 Å². The first-order valence-electron chi connectivity index (χ1n) is 4.62. The maximum absolute atomic E-state index is 10.9. The summed E-state index contributed by atoms with van der Waals surface area (Å²) in [4.78, 5) is 8.20. The molecule has 1 aromatic heterocycles. The zero-order valence-corrected chi connectivity index (χ0v) is 11.1. The highest BCUT2D eigenvalue weighted by atomic mass is 79.9. The summed E-state index contributed by atoms with van der Waals surface area (Å²) in [5, 5.41) is 3.15. The number of halogens is 1. The van der Waals surface area contributed by atoms with Gasteiger partial charge in [0.2, 0.25) is 5.95 Å². The van der Waals surface area contributed by atoms with E-state index in [9.17, 15) is 4.21 Å². The van der Waals surface area contributed by atoms with Gasteiger partial charge in [0.15, 0.2) is 0 Å². The highest BCUT2D eigenvalue weighted by Gasteiger charge is 2.04. The zero-order chi connectivity index (χ0) is 11.3. The van der Waals surface area contributed by atoms with Crippen LogP contribution in [-0.2, 0) is 10.8 Å². The first-order chi connectivity index (χ1) is 7.08. The smallest absolute Gasteiger partial charge is 0.222 e. The predicted molar refractivity (Wildman–Crippen MR) is 66.4 cm³/mol. The molecule has 0 amide bonds. The van der Waals surface area contributed by atoms with Gasteiger partial charge < -0.3 is 5.32 Å². The molecule has 2 atom stereocenters. The third-order valence-corrected chi connectivity index (χ3v) is 3.05. The van der Waals surface area contributed by atoms with Gasteiger partial charge >= 0.3 is 0 Å². The van der Waals surface area contributed by atoms with Crippen LogP contribution >= 0.6 is 15.9 Å². The molecule has 0 aromatic carbocycles. The third kappa shape index (κ3) is 5.22. The lowest BCUT2D eigenvalue weighted by Gasteiger charge is -2.12. The molecule has 1 N–H and O–H groups in total. The summed E-state index contributed by atoms with van der Waals surface area (Å²) in [6.45, 7) is 2.03. The van der Waals surface area contributed by atoms with Crippen LogP contribution in [0.5, 0.6) is 0 Å². The van der Waals surface area contributed by atoms with E-state index in [1.807, 2.05) is 6.92 Å². The Morgan fingerprint density at radius 1 is 1.53 bits per heavy atom. The third-order valence-electron chi connectivity index (χ3n) is 1.83. The number of hydrogen-bond acceptors (Lipinski definition) is 4. The minimum atomic E-state index is -0.736. The Hall–Kier alpha value is -0.490. The highest BCUT2D eigenvalue weighted by Crippen LogP contribution is 2.08. The fourth-order valence-corrected chi connectivity index (χ4v) is 1.91. The average Bonchev–Trinajstić information content (AvgIpc) is 2.19. The molecule has 0 saturated carbocycles. The van der Waals surface area contributed by atoms with Crippen molar-refractivity contribution in [2.24, 2.45) is 0 Å². The second-order valence-electron chi connectivity index (χ2n) is 3.34. The van der Waals surface area contributed by atoms with Crippen LogP contribution < -0.4 is 5.32 Å². The summed E-state index contributed by atoms with van der Waals surface area (Å²) in [7, 11) is -0.736. The van der Waals surface area contributed by atoms with E-state index in [1.54, 1.807) is 18.6 Å². The molecular weight excluding hydrogens is 278 g/mol. The minimum Gasteiger partial charge on any atom is -0.352 e. The van der Waals surface area contributed by atoms with Gasteiger partial charge in [-0.15, -0.1) is 0 Å². The molecule has 1 heterocycles. The molecule has 0 aliphatic heterocycles. The van der Waals surface area contributed by atoms with Crippen molar-refractivity contribution < 1.29 is 4.21 Å². The predicted octanol–water partition coefficient (Wildman–Crippen LogP) is 1.81. The SMILES string of the molecule is CC(CCS(C)=O)Nc1ncc(Br)cn1. The van der Waals surface area contributed by atoms with Crippen molar-refractivity contribution in [3.05, 3.63) is 16.9 Å². The summed E-state index contributed by atoms with van der Waals surface area (Å²) in [5.74, 6) is 1.30. The van der Waals surface area contributed by atoms with E-state index in [1.165, 1.54) is 0 Å². The van der Waals surface area contributed by atoms with E-state index < -0.39 is 10.8 Å². The Morgan fingerprint density at radius 2 is 2.13 bits per heavy atom. The van der Waals surface area contributed by atoms with Crippen molar-refractivity contribution in [1.82, 2.24) is 9.97 Å². The van der Waals surface area contributed by atoms with Crippen LogP contribution in [0, 0.1) is 0 Å². The standard InChI is InChI=1S/C9H14BrN3OS/c1-7(3-4-15(2)14)13-9-11-5-8(10)6-12-9/h5-7H,3-4H2,1-2H3,(H,11,12,13). The van der Waals surface area contributed by atoms with Crippen LogP contribution in [0.25, 0.3) is 0 Å². The maximum atomic E-state index is 10.9. The van der Waals surface area contributed by atoms with Gasteiger partial charge in [0.05, 0.1) is 4.47 Å². The van der Waals surface area contributed by atoms with Crippen molar-refractivity contribution in [2.75, 3.05) is 17.3 Å². The second-order valence-corrected chi connectivity index (χ2v) is 5.81. The lowest BCUT2D eigenvalue weighted by atomic mass is 10.3. The normalized spacial score (nSPS) is 14.6. The molecule has 84 valence electrons. The van der Waals surface area contributed by atoms with Crippen LogP contribution in [0.4, 0.5) is 5.95 Å². The van der Waals surface area contributed by atoms with Gasteiger partial charge in [0.1, 0.15) is 0 Å². The van der Waals surface area contributed by atoms with Gasteiger partial charge in [-0.3, -0.25) is 4.21 Å². The van der Waals surface area contributed by atoms with Crippen LogP contribution in [0.3, 0.4) is 0 Å². The molecule has 1 rings (SSSR count). The number of aromatic nitrogens is 2. The summed E-state index contributed by atoms with van der Waals surface area (Å²) < 4.78 is 11.7. The van der Waals surface area contributed by atoms with Crippen molar-refractivity contribution >= 4 is 32.7 Å². The van der Waals surface area contributed by atoms with Gasteiger partial charge in [0, 0.05) is 41.2 Å². The van der Waals surface area contributed by atoms with E-state index >= 15 is 0 Å². The summed E-state index contributed by atoms with van der Waals surface area (Å²) in [5.41, 5.74) is 0. The Balaban J connectivity index is 2.40. The number of hydrogen-bond donors (Lipinski definition) is 1. The number of nitrogens with one attached hydrogen (secondary N) is 1. The van der Waals surface area contributed by atoms with Crippen molar-refractivity contribution in [2.45, 2.75) is 19.4 Å². The highest BCUT2D eigenvalue weighted by molar-refractivity contribution is 9.10. The van der Waals surface area contributed by atoms with Crippen molar-refractivity contribution in [1.29, 1.82) is 0 Å². The van der Waals surface area contributed by atoms with Crippen LogP contribution in [0.15, 0.2) is 16.9 Å². The fraction of sp³-hybridized carbons (Fsp3) is 0.556. The van der Waals surface area contributed by atoms with E-state index in [0.717, 1.165) is 10.9 Å². The van der Waals surface area contributed by atoms with Crippen molar-refractivity contribution in [3.8, 4) is 0 Å². The molecule has 2 unspecified atom stereocenters. The van der Waals surface area contributed by atoms with Gasteiger partial charge in [-0.05, 0) is 29.3 Å². The van der Waals surface area contributed by atoms with Crippen LogP contribution in [0.2, 0.25) is 0 Å². The Kier molecular flexibility index (Phi) is 5.17. The molecule has 0 spiro atoms. The van der Waals surface area contributed by atoms with Crippen LogP contribution in [0.1, 0.15) is 13.3 Å². The molecule has 0 aliphatic carbocycles. The molecule has 0 radical (unpaired) electrons. The first kappa shape index (κ1) is 12.6. The topological polar surface area (TPSA) is 54.9 Å². The largest absolute Gasteiger partial charge is 0.352 e. The molecule has 0 fully saturated rings. The van der Waals surface area contributed by atoms with Crippen molar-refractivity contribution in [3.63, 3.8) is 0 Å². The first-order valence-corrected chi connectivity index (χ1v) is 7.14. The second kappa shape index (κ2) is 6.17. The summed E-state index contributed by atoms with van der Waals surface area (Å²) >= 11 is 3.27.